The summed E-state index contributed by atoms with van der Waals surface area (Å²) in [6, 6.07) is 6.22. The molecule has 0 bridgehead atoms. The zero-order valence-corrected chi connectivity index (χ0v) is 14.5. The van der Waals surface area contributed by atoms with Gasteiger partial charge in [0.15, 0.2) is 0 Å². The lowest BCUT2D eigenvalue weighted by Crippen LogP contribution is -2.18. The summed E-state index contributed by atoms with van der Waals surface area (Å²) in [5, 5.41) is 11.2. The van der Waals surface area contributed by atoms with Crippen molar-refractivity contribution in [2.75, 3.05) is 5.32 Å². The molecule has 0 spiro atoms. The molecule has 0 fully saturated rings. The molecule has 1 amide bonds. The highest BCUT2D eigenvalue weighted by molar-refractivity contribution is 9.10. The van der Waals surface area contributed by atoms with Crippen molar-refractivity contribution in [3.05, 3.63) is 64.4 Å². The van der Waals surface area contributed by atoms with Gasteiger partial charge in [-0.3, -0.25) is 14.2 Å². The molecule has 24 heavy (non-hydrogen) atoms. The first-order chi connectivity index (χ1) is 11.5. The molecule has 0 unspecified atom stereocenters. The molecule has 0 saturated heterocycles. The number of rotatable bonds is 5. The van der Waals surface area contributed by atoms with Crippen molar-refractivity contribution < 1.29 is 9.18 Å². The van der Waals surface area contributed by atoms with Crippen molar-refractivity contribution >= 4 is 27.5 Å². The highest BCUT2D eigenvalue weighted by Crippen LogP contribution is 2.13. The first-order valence-corrected chi connectivity index (χ1v) is 8.05. The molecule has 0 aliphatic carbocycles. The fraction of sp³-hybridized carbons (Fsp3) is 0.188. The van der Waals surface area contributed by atoms with Gasteiger partial charge in [0, 0.05) is 12.4 Å². The van der Waals surface area contributed by atoms with Crippen LogP contribution in [-0.2, 0) is 17.9 Å². The van der Waals surface area contributed by atoms with Gasteiger partial charge in [-0.05, 0) is 40.5 Å². The van der Waals surface area contributed by atoms with Gasteiger partial charge in [0.2, 0.25) is 5.91 Å². The number of carbonyl (C=O) groups is 1. The topological polar surface area (TPSA) is 64.7 Å². The number of hydrogen-bond donors (Lipinski definition) is 1. The molecule has 124 valence electrons. The molecule has 2 aromatic heterocycles. The molecule has 3 rings (SSSR count). The van der Waals surface area contributed by atoms with Crippen molar-refractivity contribution in [3.63, 3.8) is 0 Å². The standard InChI is InChI=1S/C16H15BrFN5O/c1-11-15(17)9-23(21-11)10-16(24)20-14-6-19-22(8-14)7-12-2-4-13(18)5-3-12/h2-6,8-9H,7,10H2,1H3,(H,20,24). The van der Waals surface area contributed by atoms with E-state index < -0.39 is 0 Å². The minimum absolute atomic E-state index is 0.121. The van der Waals surface area contributed by atoms with E-state index >= 15 is 0 Å². The maximum absolute atomic E-state index is 12.9. The number of carbonyl (C=O) groups excluding carboxylic acids is 1. The number of amides is 1. The van der Waals surface area contributed by atoms with E-state index in [1.165, 1.54) is 12.1 Å². The maximum atomic E-state index is 12.9. The Morgan fingerprint density at radius 1 is 1.25 bits per heavy atom. The second-order valence-corrected chi connectivity index (χ2v) is 6.22. The minimum Gasteiger partial charge on any atom is -0.322 e. The van der Waals surface area contributed by atoms with Crippen LogP contribution >= 0.6 is 15.9 Å². The summed E-state index contributed by atoms with van der Waals surface area (Å²) in [4.78, 5) is 12.0. The van der Waals surface area contributed by atoms with E-state index in [2.05, 4.69) is 31.4 Å². The summed E-state index contributed by atoms with van der Waals surface area (Å²) in [5.41, 5.74) is 2.36. The molecule has 0 atom stereocenters. The Kier molecular flexibility index (Phi) is 4.75. The van der Waals surface area contributed by atoms with Gasteiger partial charge in [0.05, 0.1) is 28.6 Å². The van der Waals surface area contributed by atoms with Crippen LogP contribution in [0.4, 0.5) is 10.1 Å². The Balaban J connectivity index is 1.59. The van der Waals surface area contributed by atoms with E-state index in [1.807, 2.05) is 6.92 Å². The second kappa shape index (κ2) is 6.96. The van der Waals surface area contributed by atoms with Crippen molar-refractivity contribution in [2.45, 2.75) is 20.0 Å². The normalized spacial score (nSPS) is 10.8. The van der Waals surface area contributed by atoms with Crippen LogP contribution in [0.5, 0.6) is 0 Å². The largest absolute Gasteiger partial charge is 0.322 e. The Hall–Kier alpha value is -2.48. The molecule has 0 aliphatic rings. The number of hydrogen-bond acceptors (Lipinski definition) is 3. The number of aromatic nitrogens is 4. The Morgan fingerprint density at radius 3 is 2.67 bits per heavy atom. The molecular formula is C16H15BrFN5O. The van der Waals surface area contributed by atoms with E-state index in [0.29, 0.717) is 12.2 Å². The predicted octanol–water partition coefficient (Wildman–Crippen LogP) is 2.98. The molecule has 3 aromatic rings. The van der Waals surface area contributed by atoms with Gasteiger partial charge < -0.3 is 5.32 Å². The fourth-order valence-corrected chi connectivity index (χ4v) is 2.53. The molecule has 8 heteroatoms. The van der Waals surface area contributed by atoms with E-state index in [4.69, 9.17) is 0 Å². The number of nitrogens with zero attached hydrogens (tertiary/aromatic N) is 4. The summed E-state index contributed by atoms with van der Waals surface area (Å²) in [7, 11) is 0. The van der Waals surface area contributed by atoms with E-state index in [0.717, 1.165) is 15.7 Å². The highest BCUT2D eigenvalue weighted by atomic mass is 79.9. The summed E-state index contributed by atoms with van der Waals surface area (Å²) in [6.07, 6.45) is 5.06. The lowest BCUT2D eigenvalue weighted by Gasteiger charge is -2.03. The number of halogens is 2. The third-order valence-corrected chi connectivity index (χ3v) is 4.15. The first kappa shape index (κ1) is 16.4. The molecule has 0 saturated carbocycles. The van der Waals surface area contributed by atoms with Gasteiger partial charge in [0.25, 0.3) is 0 Å². The second-order valence-electron chi connectivity index (χ2n) is 5.36. The first-order valence-electron chi connectivity index (χ1n) is 7.26. The van der Waals surface area contributed by atoms with Gasteiger partial charge in [-0.15, -0.1) is 0 Å². The Labute approximate surface area is 146 Å². The van der Waals surface area contributed by atoms with Crippen LogP contribution in [0.25, 0.3) is 0 Å². The maximum Gasteiger partial charge on any atom is 0.246 e. The number of aryl methyl sites for hydroxylation is 1. The summed E-state index contributed by atoms with van der Waals surface area (Å²) < 4.78 is 17.0. The molecule has 0 aliphatic heterocycles. The van der Waals surface area contributed by atoms with Crippen molar-refractivity contribution in [1.29, 1.82) is 0 Å². The van der Waals surface area contributed by atoms with Crippen LogP contribution in [0.1, 0.15) is 11.3 Å². The van der Waals surface area contributed by atoms with E-state index in [-0.39, 0.29) is 18.3 Å². The van der Waals surface area contributed by atoms with Crippen LogP contribution in [-0.4, -0.2) is 25.5 Å². The zero-order chi connectivity index (χ0) is 17.1. The predicted molar refractivity (Wildman–Crippen MR) is 91.0 cm³/mol. The van der Waals surface area contributed by atoms with Crippen LogP contribution < -0.4 is 5.32 Å². The van der Waals surface area contributed by atoms with Crippen molar-refractivity contribution in [1.82, 2.24) is 19.6 Å². The number of anilines is 1. The highest BCUT2D eigenvalue weighted by Gasteiger charge is 2.08. The van der Waals surface area contributed by atoms with Crippen molar-refractivity contribution in [3.8, 4) is 0 Å². The van der Waals surface area contributed by atoms with Gasteiger partial charge in [-0.1, -0.05) is 12.1 Å². The lowest BCUT2D eigenvalue weighted by atomic mass is 10.2. The van der Waals surface area contributed by atoms with Crippen LogP contribution in [0, 0.1) is 12.7 Å². The molecule has 1 aromatic carbocycles. The van der Waals surface area contributed by atoms with Gasteiger partial charge in [0.1, 0.15) is 12.4 Å². The average molecular weight is 392 g/mol. The number of benzene rings is 1. The SMILES string of the molecule is Cc1nn(CC(=O)Nc2cnn(Cc3ccc(F)cc3)c2)cc1Br. The summed E-state index contributed by atoms with van der Waals surface area (Å²) in [6.45, 7) is 2.48. The van der Waals surface area contributed by atoms with Gasteiger partial charge in [-0.25, -0.2) is 4.39 Å². The van der Waals surface area contributed by atoms with Crippen molar-refractivity contribution in [2.24, 2.45) is 0 Å². The van der Waals surface area contributed by atoms with Gasteiger partial charge in [-0.2, -0.15) is 10.2 Å². The Bertz CT molecular complexity index is 836. The smallest absolute Gasteiger partial charge is 0.246 e. The van der Waals surface area contributed by atoms with Gasteiger partial charge >= 0.3 is 0 Å². The fourth-order valence-electron chi connectivity index (χ4n) is 2.21. The molecule has 0 radical (unpaired) electrons. The zero-order valence-electron chi connectivity index (χ0n) is 12.9. The van der Waals surface area contributed by atoms with Crippen LogP contribution in [0.2, 0.25) is 0 Å². The number of nitrogens with one attached hydrogen (secondary N) is 1. The monoisotopic (exact) mass is 391 g/mol. The minimum atomic E-state index is -0.271. The van der Waals surface area contributed by atoms with E-state index in [1.54, 1.807) is 40.1 Å². The molecule has 1 N–H and O–H groups in total. The third-order valence-electron chi connectivity index (χ3n) is 3.37. The quantitative estimate of drug-likeness (QED) is 0.726. The molecule has 2 heterocycles. The lowest BCUT2D eigenvalue weighted by molar-refractivity contribution is -0.116. The van der Waals surface area contributed by atoms with Crippen LogP contribution in [0.3, 0.4) is 0 Å². The Morgan fingerprint density at radius 2 is 2.00 bits per heavy atom. The van der Waals surface area contributed by atoms with E-state index in [9.17, 15) is 9.18 Å². The summed E-state index contributed by atoms with van der Waals surface area (Å²) >= 11 is 3.36. The molecular weight excluding hydrogens is 377 g/mol. The average Bonchev–Trinajstić information content (AvgIpc) is 3.08. The molecule has 6 nitrogen and oxygen atoms in total. The third kappa shape index (κ3) is 4.08. The van der Waals surface area contributed by atoms with Crippen LogP contribution in [0.15, 0.2) is 47.3 Å². The summed E-state index contributed by atoms with van der Waals surface area (Å²) in [5.74, 6) is -0.459.